The summed E-state index contributed by atoms with van der Waals surface area (Å²) in [6.45, 7) is 3.82. The van der Waals surface area contributed by atoms with Crippen molar-refractivity contribution in [3.05, 3.63) is 18.2 Å². The van der Waals surface area contributed by atoms with Crippen LogP contribution in [0.4, 0.5) is 11.6 Å². The summed E-state index contributed by atoms with van der Waals surface area (Å²) in [6, 6.07) is 5.71. The van der Waals surface area contributed by atoms with Crippen LogP contribution in [0.3, 0.4) is 0 Å². The first-order valence-electron chi connectivity index (χ1n) is 6.03. The van der Waals surface area contributed by atoms with Crippen molar-refractivity contribution in [2.45, 2.75) is 0 Å². The third-order valence-electron chi connectivity index (χ3n) is 3.13. The van der Waals surface area contributed by atoms with E-state index in [0.29, 0.717) is 6.41 Å². The van der Waals surface area contributed by atoms with Crippen LogP contribution in [0.15, 0.2) is 18.2 Å². The quantitative estimate of drug-likeness (QED) is 0.690. The van der Waals surface area contributed by atoms with Gasteiger partial charge in [-0.2, -0.15) is 0 Å². The molecule has 1 aromatic heterocycles. The van der Waals surface area contributed by atoms with Crippen LogP contribution in [-0.2, 0) is 4.79 Å². The highest BCUT2D eigenvalue weighted by Gasteiger charge is 2.15. The average Bonchev–Trinajstić information content (AvgIpc) is 2.85. The van der Waals surface area contributed by atoms with Crippen LogP contribution in [0.2, 0.25) is 0 Å². The van der Waals surface area contributed by atoms with Gasteiger partial charge in [-0.25, -0.2) is 4.98 Å². The predicted octanol–water partition coefficient (Wildman–Crippen LogP) is 0.541. The largest absolute Gasteiger partial charge is 0.340 e. The Morgan fingerprint density at radius 3 is 2.94 bits per heavy atom. The number of H-pyrrole nitrogens is 1. The van der Waals surface area contributed by atoms with Gasteiger partial charge in [-0.1, -0.05) is 6.07 Å². The van der Waals surface area contributed by atoms with Gasteiger partial charge >= 0.3 is 0 Å². The molecular weight excluding hydrogens is 230 g/mol. The summed E-state index contributed by atoms with van der Waals surface area (Å²) in [5.74, 6) is 0.867. The second kappa shape index (κ2) is 4.66. The summed E-state index contributed by atoms with van der Waals surface area (Å²) in [6.07, 6.45) is 0.675. The Bertz CT molecular complexity index is 559. The van der Waals surface area contributed by atoms with E-state index in [1.165, 1.54) is 0 Å². The summed E-state index contributed by atoms with van der Waals surface area (Å²) in [5.41, 5.74) is 2.48. The monoisotopic (exact) mass is 245 g/mol. The number of nitrogens with one attached hydrogen (secondary N) is 3. The molecule has 18 heavy (non-hydrogen) atoms. The molecule has 6 nitrogen and oxygen atoms in total. The van der Waals surface area contributed by atoms with Crippen molar-refractivity contribution in [2.75, 3.05) is 36.4 Å². The van der Waals surface area contributed by atoms with Crippen molar-refractivity contribution in [3.8, 4) is 0 Å². The first-order valence-corrected chi connectivity index (χ1v) is 6.03. The molecule has 2 heterocycles. The molecule has 0 spiro atoms. The molecule has 0 atom stereocenters. The number of carbonyl (C=O) groups is 1. The van der Waals surface area contributed by atoms with E-state index in [-0.39, 0.29) is 0 Å². The van der Waals surface area contributed by atoms with Gasteiger partial charge in [-0.3, -0.25) is 4.79 Å². The Morgan fingerprint density at radius 2 is 2.17 bits per heavy atom. The highest BCUT2D eigenvalue weighted by molar-refractivity contribution is 5.94. The van der Waals surface area contributed by atoms with E-state index in [1.807, 2.05) is 18.2 Å². The van der Waals surface area contributed by atoms with Gasteiger partial charge in [0.1, 0.15) is 5.52 Å². The Hall–Kier alpha value is -2.08. The van der Waals surface area contributed by atoms with Crippen molar-refractivity contribution in [1.29, 1.82) is 0 Å². The van der Waals surface area contributed by atoms with E-state index in [9.17, 15) is 4.79 Å². The number of benzene rings is 1. The number of para-hydroxylation sites is 1. The molecule has 3 N–H and O–H groups in total. The number of piperazine rings is 1. The number of hydrogen-bond acceptors (Lipinski definition) is 4. The Morgan fingerprint density at radius 1 is 1.33 bits per heavy atom. The highest BCUT2D eigenvalue weighted by atomic mass is 16.1. The average molecular weight is 245 g/mol. The number of aromatic nitrogens is 2. The van der Waals surface area contributed by atoms with Crippen LogP contribution < -0.4 is 15.5 Å². The minimum Gasteiger partial charge on any atom is -0.340 e. The number of fused-ring (bicyclic) bond motifs is 1. The SMILES string of the molecule is O=CNc1cccc2[nH]c(N3CCNCC3)nc12. The molecule has 1 aliphatic heterocycles. The van der Waals surface area contributed by atoms with E-state index in [1.54, 1.807) is 0 Å². The Labute approximate surface area is 104 Å². The van der Waals surface area contributed by atoms with Crippen LogP contribution in [0.1, 0.15) is 0 Å². The van der Waals surface area contributed by atoms with Gasteiger partial charge in [-0.15, -0.1) is 0 Å². The second-order valence-electron chi connectivity index (χ2n) is 4.26. The maximum atomic E-state index is 10.6. The third kappa shape index (κ3) is 1.91. The summed E-state index contributed by atoms with van der Waals surface area (Å²) in [5, 5.41) is 5.98. The van der Waals surface area contributed by atoms with Crippen molar-refractivity contribution >= 4 is 29.1 Å². The minimum atomic E-state index is 0.675. The molecule has 1 aliphatic rings. The molecule has 94 valence electrons. The molecule has 2 aromatic rings. The lowest BCUT2D eigenvalue weighted by molar-refractivity contribution is -0.105. The molecule has 3 rings (SSSR count). The van der Waals surface area contributed by atoms with Gasteiger partial charge in [0.05, 0.1) is 11.2 Å². The normalized spacial score (nSPS) is 15.9. The zero-order valence-corrected chi connectivity index (χ0v) is 9.94. The van der Waals surface area contributed by atoms with E-state index >= 15 is 0 Å². The van der Waals surface area contributed by atoms with Crippen LogP contribution in [0.25, 0.3) is 11.0 Å². The molecule has 6 heteroatoms. The van der Waals surface area contributed by atoms with Crippen molar-refractivity contribution in [2.24, 2.45) is 0 Å². The molecule has 0 unspecified atom stereocenters. The van der Waals surface area contributed by atoms with Crippen molar-refractivity contribution in [1.82, 2.24) is 15.3 Å². The molecule has 1 saturated heterocycles. The van der Waals surface area contributed by atoms with Crippen LogP contribution in [0.5, 0.6) is 0 Å². The fourth-order valence-electron chi connectivity index (χ4n) is 2.23. The molecule has 1 fully saturated rings. The van der Waals surface area contributed by atoms with Crippen molar-refractivity contribution in [3.63, 3.8) is 0 Å². The smallest absolute Gasteiger partial charge is 0.211 e. The van der Waals surface area contributed by atoms with Gasteiger partial charge in [-0.05, 0) is 12.1 Å². The zero-order chi connectivity index (χ0) is 12.4. The van der Waals surface area contributed by atoms with Gasteiger partial charge < -0.3 is 20.5 Å². The highest BCUT2D eigenvalue weighted by Crippen LogP contribution is 2.24. The number of amides is 1. The lowest BCUT2D eigenvalue weighted by Gasteiger charge is -2.26. The maximum Gasteiger partial charge on any atom is 0.211 e. The number of rotatable bonds is 3. The zero-order valence-electron chi connectivity index (χ0n) is 9.94. The van der Waals surface area contributed by atoms with Crippen LogP contribution >= 0.6 is 0 Å². The predicted molar refractivity (Wildman–Crippen MR) is 70.9 cm³/mol. The number of aromatic amines is 1. The maximum absolute atomic E-state index is 10.6. The molecule has 0 bridgehead atoms. The third-order valence-corrected chi connectivity index (χ3v) is 3.13. The van der Waals surface area contributed by atoms with Gasteiger partial charge in [0, 0.05) is 26.2 Å². The first-order chi connectivity index (χ1) is 8.88. The van der Waals surface area contributed by atoms with Crippen LogP contribution in [-0.4, -0.2) is 42.6 Å². The number of imidazole rings is 1. The van der Waals surface area contributed by atoms with Crippen molar-refractivity contribution < 1.29 is 4.79 Å². The molecule has 1 amide bonds. The molecule has 0 radical (unpaired) electrons. The lowest BCUT2D eigenvalue weighted by Crippen LogP contribution is -2.44. The van der Waals surface area contributed by atoms with Gasteiger partial charge in [0.25, 0.3) is 0 Å². The molecule has 0 saturated carbocycles. The molecule has 1 aromatic carbocycles. The molecular formula is C12H15N5O. The summed E-state index contributed by atoms with van der Waals surface area (Å²) < 4.78 is 0. The second-order valence-corrected chi connectivity index (χ2v) is 4.26. The summed E-state index contributed by atoms with van der Waals surface area (Å²) in [7, 11) is 0. The molecule has 0 aliphatic carbocycles. The summed E-state index contributed by atoms with van der Waals surface area (Å²) in [4.78, 5) is 20.6. The topological polar surface area (TPSA) is 73.1 Å². The number of carbonyl (C=O) groups excluding carboxylic acids is 1. The minimum absolute atomic E-state index is 0.675. The van der Waals surface area contributed by atoms with E-state index in [4.69, 9.17) is 0 Å². The fourth-order valence-corrected chi connectivity index (χ4v) is 2.23. The lowest BCUT2D eigenvalue weighted by atomic mass is 10.3. The van der Waals surface area contributed by atoms with Gasteiger partial charge in [0.15, 0.2) is 0 Å². The van der Waals surface area contributed by atoms with E-state index in [0.717, 1.165) is 48.8 Å². The van der Waals surface area contributed by atoms with Crippen LogP contribution in [0, 0.1) is 0 Å². The van der Waals surface area contributed by atoms with E-state index in [2.05, 4.69) is 25.5 Å². The number of anilines is 2. The Balaban J connectivity index is 1.99. The number of hydrogen-bond donors (Lipinski definition) is 3. The van der Waals surface area contributed by atoms with E-state index < -0.39 is 0 Å². The van der Waals surface area contributed by atoms with Gasteiger partial charge in [0.2, 0.25) is 12.4 Å². The standard InChI is InChI=1S/C12H15N5O/c18-8-14-9-2-1-3-10-11(9)16-12(15-10)17-6-4-13-5-7-17/h1-3,8,13H,4-7H2,(H,14,18)(H,15,16). The summed E-state index contributed by atoms with van der Waals surface area (Å²) >= 11 is 0. The number of nitrogens with zero attached hydrogens (tertiary/aromatic N) is 2. The Kier molecular flexibility index (Phi) is 2.85. The fraction of sp³-hybridized carbons (Fsp3) is 0.333. The first kappa shape index (κ1) is 11.0.